The second-order valence-corrected chi connectivity index (χ2v) is 22.1. The summed E-state index contributed by atoms with van der Waals surface area (Å²) in [5.74, 6) is 1.40. The average Bonchev–Trinajstić information content (AvgIpc) is 0.766. The van der Waals surface area contributed by atoms with Gasteiger partial charge in [0.1, 0.15) is 6.33 Å². The molecule has 0 aliphatic heterocycles. The molecule has 0 bridgehead atoms. The molecule has 19 aromatic rings. The van der Waals surface area contributed by atoms with Crippen molar-refractivity contribution in [3.05, 3.63) is 389 Å². The quantitative estimate of drug-likeness (QED) is 0.127. The zero-order chi connectivity index (χ0) is 63.4. The van der Waals surface area contributed by atoms with E-state index in [2.05, 4.69) is 285 Å². The molecule has 0 saturated heterocycles. The maximum Gasteiger partial charge on any atom is 0.163 e. The molecule has 0 aliphatic carbocycles. The number of pyridine rings is 1. The van der Waals surface area contributed by atoms with Gasteiger partial charge in [0.05, 0.1) is 16.6 Å². The van der Waals surface area contributed by atoms with Gasteiger partial charge in [0, 0.05) is 35.1 Å². The molecule has 16 aromatic carbocycles. The number of aromatic nitrogens is 6. The Morgan fingerprint density at radius 3 is 0.787 bits per heavy atom. The van der Waals surface area contributed by atoms with E-state index in [0.717, 1.165) is 27.7 Å². The van der Waals surface area contributed by atoms with E-state index in [1.807, 2.05) is 115 Å². The van der Waals surface area contributed by atoms with Crippen LogP contribution in [0.4, 0.5) is 0 Å². The Hall–Kier alpha value is -12.6. The summed E-state index contributed by atoms with van der Waals surface area (Å²) >= 11 is 0. The number of benzene rings is 16. The van der Waals surface area contributed by atoms with Gasteiger partial charge in [0.25, 0.3) is 0 Å². The minimum atomic E-state index is 0.699. The van der Waals surface area contributed by atoms with Gasteiger partial charge in [-0.25, -0.2) is 15.0 Å². The fraction of sp³-hybridized carbons (Fsp3) is 0. The van der Waals surface area contributed by atoms with Gasteiger partial charge in [-0.3, -0.25) is 15.0 Å². The maximum atomic E-state index is 4.49. The molecule has 0 amide bonds. The molecule has 94 heavy (non-hydrogen) atoms. The molecular formula is C88H64N6. The Labute approximate surface area is 546 Å². The van der Waals surface area contributed by atoms with Crippen LogP contribution in [0.1, 0.15) is 0 Å². The summed E-state index contributed by atoms with van der Waals surface area (Å²) in [6, 6.07) is 125. The number of nitrogens with zero attached hydrogens (tertiary/aromatic N) is 6. The van der Waals surface area contributed by atoms with Gasteiger partial charge in [0.2, 0.25) is 0 Å². The molecule has 0 radical (unpaired) electrons. The topological polar surface area (TPSA) is 77.3 Å². The van der Waals surface area contributed by atoms with Crippen molar-refractivity contribution in [1.82, 2.24) is 29.9 Å². The Balaban J connectivity index is 0.000000101. The van der Waals surface area contributed by atoms with Gasteiger partial charge in [-0.1, -0.05) is 328 Å². The van der Waals surface area contributed by atoms with Crippen LogP contribution < -0.4 is 0 Å². The molecule has 0 unspecified atom stereocenters. The van der Waals surface area contributed by atoms with Crippen LogP contribution in [-0.4, -0.2) is 29.9 Å². The van der Waals surface area contributed by atoms with Crippen molar-refractivity contribution in [2.75, 3.05) is 0 Å². The predicted molar refractivity (Wildman–Crippen MR) is 398 cm³/mol. The van der Waals surface area contributed by atoms with E-state index < -0.39 is 0 Å². The van der Waals surface area contributed by atoms with Crippen molar-refractivity contribution in [3.8, 4) is 22.8 Å². The Morgan fingerprint density at radius 1 is 0.160 bits per heavy atom. The van der Waals surface area contributed by atoms with Gasteiger partial charge < -0.3 is 0 Å². The molecule has 0 saturated carbocycles. The zero-order valence-electron chi connectivity index (χ0n) is 51.6. The summed E-state index contributed by atoms with van der Waals surface area (Å²) in [6.07, 6.45) is 6.75. The van der Waals surface area contributed by atoms with Gasteiger partial charge in [-0.15, -0.1) is 0 Å². The summed E-state index contributed by atoms with van der Waals surface area (Å²) < 4.78 is 0. The van der Waals surface area contributed by atoms with Gasteiger partial charge in [-0.05, 0) is 123 Å². The van der Waals surface area contributed by atoms with Crippen molar-refractivity contribution < 1.29 is 0 Å². The average molecular weight is 1210 g/mol. The Morgan fingerprint density at radius 2 is 0.426 bits per heavy atom. The normalized spacial score (nSPS) is 10.6. The second kappa shape index (κ2) is 30.2. The van der Waals surface area contributed by atoms with E-state index in [9.17, 15) is 0 Å². The smallest absolute Gasteiger partial charge is 0.163 e. The maximum absolute atomic E-state index is 4.49. The van der Waals surface area contributed by atoms with E-state index in [-0.39, 0.29) is 0 Å². The first kappa shape index (κ1) is 60.3. The largest absolute Gasteiger partial charge is 0.256 e. The van der Waals surface area contributed by atoms with E-state index in [1.54, 1.807) is 18.7 Å². The third-order valence-electron chi connectivity index (χ3n) is 16.1. The monoisotopic (exact) mass is 1200 g/mol. The summed E-state index contributed by atoms with van der Waals surface area (Å²) in [5.41, 5.74) is 4.95. The first-order valence-electron chi connectivity index (χ1n) is 31.4. The zero-order valence-corrected chi connectivity index (χ0v) is 51.6. The molecular weight excluding hydrogens is 1140 g/mol. The third kappa shape index (κ3) is 14.8. The lowest BCUT2D eigenvalue weighted by Crippen LogP contribution is -1.94. The minimum absolute atomic E-state index is 0.699. The minimum Gasteiger partial charge on any atom is -0.256 e. The number of fused-ring (bicyclic) bond motifs is 14. The molecule has 0 atom stereocenters. The Bertz CT molecular complexity index is 4850. The van der Waals surface area contributed by atoms with Crippen LogP contribution in [-0.2, 0) is 0 Å². The van der Waals surface area contributed by atoms with Crippen molar-refractivity contribution in [2.24, 2.45) is 0 Å². The van der Waals surface area contributed by atoms with Crippen LogP contribution in [0.5, 0.6) is 0 Å². The van der Waals surface area contributed by atoms with Crippen LogP contribution in [0.15, 0.2) is 389 Å². The molecule has 0 fully saturated rings. The molecule has 0 spiro atoms. The summed E-state index contributed by atoms with van der Waals surface area (Å²) in [7, 11) is 0. The third-order valence-corrected chi connectivity index (χ3v) is 16.1. The van der Waals surface area contributed by atoms with Crippen molar-refractivity contribution in [3.63, 3.8) is 0 Å². The highest BCUT2D eigenvalue weighted by Gasteiger charge is 2.08. The molecule has 3 heterocycles. The highest BCUT2D eigenvalue weighted by atomic mass is 15.0. The van der Waals surface area contributed by atoms with Crippen LogP contribution in [0.25, 0.3) is 131 Å². The van der Waals surface area contributed by atoms with E-state index >= 15 is 0 Å². The van der Waals surface area contributed by atoms with Crippen molar-refractivity contribution in [2.45, 2.75) is 0 Å². The number of hydrogen-bond donors (Lipinski definition) is 0. The summed E-state index contributed by atoms with van der Waals surface area (Å²) in [5, 5.41) is 22.4. The molecule has 0 aliphatic rings. The van der Waals surface area contributed by atoms with Crippen molar-refractivity contribution >= 4 is 108 Å². The van der Waals surface area contributed by atoms with E-state index in [4.69, 9.17) is 0 Å². The molecule has 0 N–H and O–H groups in total. The number of para-hydroxylation sites is 3. The van der Waals surface area contributed by atoms with E-state index in [1.165, 1.54) is 91.6 Å². The Kier molecular flexibility index (Phi) is 19.4. The first-order chi connectivity index (χ1) is 46.7. The molecule has 446 valence electrons. The molecule has 6 heteroatoms. The lowest BCUT2D eigenvalue weighted by molar-refractivity contribution is 1.07. The molecule has 19 rings (SSSR count). The summed E-state index contributed by atoms with van der Waals surface area (Å²) in [4.78, 5) is 25.3. The standard InChI is InChI=1S/C18H12.C15H11N3.2C14H10.C10H8.C9H7N.C8H6N2/c1-2-8-14-13(7-1)15-9-3-4-11-17(15)18-12-6-5-10-16(14)18;1-3-7-12(8-4-1)14-16-11-17-15(18-14)13-9-5-2-6-10-13;1-3-7-13-11(5-1)9-10-12-6-2-4-8-14(12)13;1-2-6-12-10-14-8-4-3-7-13(14)9-11(12)5-1;1-2-6-10-8-4-3-7-9(10)5-1;1-2-6-9-8(4-1)5-3-7-10-9;1-2-4-8-7(3-1)9-5-6-10-8/h1-12H;1-11H;2*1-10H;1-8H;1-7H;1-6H. The fourth-order valence-corrected chi connectivity index (χ4v) is 11.5. The van der Waals surface area contributed by atoms with Crippen LogP contribution in [0.2, 0.25) is 0 Å². The van der Waals surface area contributed by atoms with Crippen LogP contribution in [0, 0.1) is 0 Å². The van der Waals surface area contributed by atoms with Crippen LogP contribution >= 0.6 is 0 Å². The number of hydrogen-bond acceptors (Lipinski definition) is 6. The van der Waals surface area contributed by atoms with Gasteiger partial charge in [-0.2, -0.15) is 0 Å². The number of rotatable bonds is 2. The molecule has 6 nitrogen and oxygen atoms in total. The predicted octanol–water partition coefficient (Wildman–Crippen LogP) is 23.0. The lowest BCUT2D eigenvalue weighted by Gasteiger charge is -2.09. The first-order valence-corrected chi connectivity index (χ1v) is 31.4. The molecule has 3 aromatic heterocycles. The van der Waals surface area contributed by atoms with Gasteiger partial charge in [0.15, 0.2) is 11.6 Å². The van der Waals surface area contributed by atoms with Gasteiger partial charge >= 0.3 is 0 Å². The lowest BCUT2D eigenvalue weighted by atomic mass is 9.95. The van der Waals surface area contributed by atoms with Crippen molar-refractivity contribution in [1.29, 1.82) is 0 Å². The highest BCUT2D eigenvalue weighted by Crippen LogP contribution is 2.35. The fourth-order valence-electron chi connectivity index (χ4n) is 11.5. The second-order valence-electron chi connectivity index (χ2n) is 22.1. The SMILES string of the molecule is c1ccc(-c2ncnc(-c3ccccc3)n2)cc1.c1ccc2c(c1)c1ccccc1c1ccccc21.c1ccc2c(c1)ccc1ccccc12.c1ccc2cc3ccccc3cc2c1.c1ccc2ccccc2c1.c1ccc2ncccc2c1.c1ccc2nccnc2c1. The highest BCUT2D eigenvalue weighted by molar-refractivity contribution is 6.25. The van der Waals surface area contributed by atoms with E-state index in [0.29, 0.717) is 11.6 Å². The van der Waals surface area contributed by atoms with Crippen LogP contribution in [0.3, 0.4) is 0 Å². The summed E-state index contributed by atoms with van der Waals surface area (Å²) in [6.45, 7) is 0.